The molecule has 0 saturated heterocycles. The predicted molar refractivity (Wildman–Crippen MR) is 88.1 cm³/mol. The third kappa shape index (κ3) is 2.53. The summed E-state index contributed by atoms with van der Waals surface area (Å²) in [4.78, 5) is 17.0. The lowest BCUT2D eigenvalue weighted by Gasteiger charge is -2.28. The van der Waals surface area contributed by atoms with Gasteiger partial charge in [0.1, 0.15) is 0 Å². The number of thiazole rings is 1. The topological polar surface area (TPSA) is 68.0 Å². The number of carbonyl (C=O) groups excluding carboxylic acids is 1. The van der Waals surface area contributed by atoms with Crippen molar-refractivity contribution < 1.29 is 4.79 Å². The van der Waals surface area contributed by atoms with Crippen LogP contribution in [0.1, 0.15) is 26.7 Å². The Morgan fingerprint density at radius 1 is 1.45 bits per heavy atom. The number of carbonyl (C=O) groups is 1. The molecule has 0 bridgehead atoms. The Labute approximate surface area is 127 Å². The van der Waals surface area contributed by atoms with Crippen molar-refractivity contribution in [1.29, 1.82) is 0 Å². The number of thiocarbonyl (C=S) groups is 1. The number of amides is 1. The van der Waals surface area contributed by atoms with Crippen molar-refractivity contribution in [3.8, 4) is 0 Å². The van der Waals surface area contributed by atoms with Gasteiger partial charge < -0.3 is 11.1 Å². The molecule has 20 heavy (non-hydrogen) atoms. The second-order valence-electron chi connectivity index (χ2n) is 4.64. The van der Waals surface area contributed by atoms with Crippen LogP contribution in [-0.4, -0.2) is 15.9 Å². The van der Waals surface area contributed by atoms with E-state index in [4.69, 9.17) is 18.0 Å². The Balaban J connectivity index is 2.27. The first-order valence-corrected chi connectivity index (χ1v) is 7.77. The summed E-state index contributed by atoms with van der Waals surface area (Å²) in [5.74, 6) is -0.140. The van der Waals surface area contributed by atoms with Gasteiger partial charge in [-0.2, -0.15) is 0 Å². The quantitative estimate of drug-likeness (QED) is 0.831. The molecule has 4 nitrogen and oxygen atoms in total. The summed E-state index contributed by atoms with van der Waals surface area (Å²) in [5.41, 5.74) is 8.46. The highest BCUT2D eigenvalue weighted by atomic mass is 32.1. The first-order chi connectivity index (χ1) is 9.53. The van der Waals surface area contributed by atoms with E-state index in [2.05, 4.69) is 10.3 Å². The number of fused-ring (bicyclic) bond motifs is 1. The second kappa shape index (κ2) is 5.85. The van der Waals surface area contributed by atoms with Crippen molar-refractivity contribution in [2.24, 2.45) is 11.1 Å². The molecule has 1 aromatic heterocycles. The standard InChI is InChI=1S/C14H17N3OS2/c1-3-14(4-2,12(15)19)13(18)17-9-5-6-10-11(7-9)20-8-16-10/h5-8H,3-4H2,1-2H3,(H2,15,19)(H,17,18). The molecule has 1 aromatic carbocycles. The van der Waals surface area contributed by atoms with Crippen molar-refractivity contribution in [2.75, 3.05) is 5.32 Å². The number of anilines is 1. The molecule has 3 N–H and O–H groups in total. The molecule has 1 heterocycles. The maximum absolute atomic E-state index is 12.5. The van der Waals surface area contributed by atoms with Gasteiger partial charge in [-0.25, -0.2) is 4.98 Å². The maximum atomic E-state index is 12.5. The van der Waals surface area contributed by atoms with Crippen LogP contribution >= 0.6 is 23.6 Å². The molecule has 106 valence electrons. The summed E-state index contributed by atoms with van der Waals surface area (Å²) in [6.45, 7) is 3.85. The first kappa shape index (κ1) is 14.9. The maximum Gasteiger partial charge on any atom is 0.237 e. The van der Waals surface area contributed by atoms with Crippen LogP contribution in [0.2, 0.25) is 0 Å². The minimum absolute atomic E-state index is 0.140. The summed E-state index contributed by atoms with van der Waals surface area (Å²) in [6.07, 6.45) is 1.18. The smallest absolute Gasteiger partial charge is 0.237 e. The Morgan fingerprint density at radius 2 is 2.15 bits per heavy atom. The van der Waals surface area contributed by atoms with Gasteiger partial charge >= 0.3 is 0 Å². The summed E-state index contributed by atoms with van der Waals surface area (Å²) in [5, 5.41) is 2.92. The summed E-state index contributed by atoms with van der Waals surface area (Å²) < 4.78 is 1.04. The lowest BCUT2D eigenvalue weighted by molar-refractivity contribution is -0.122. The fraction of sp³-hybridized carbons (Fsp3) is 0.357. The molecular weight excluding hydrogens is 290 g/mol. The van der Waals surface area contributed by atoms with Crippen molar-refractivity contribution in [3.63, 3.8) is 0 Å². The molecule has 2 rings (SSSR count). The summed E-state index contributed by atoms with van der Waals surface area (Å²) >= 11 is 6.63. The number of nitrogens with one attached hydrogen (secondary N) is 1. The number of rotatable bonds is 5. The van der Waals surface area contributed by atoms with Crippen LogP contribution in [0.5, 0.6) is 0 Å². The zero-order valence-corrected chi connectivity index (χ0v) is 13.1. The van der Waals surface area contributed by atoms with E-state index in [1.807, 2.05) is 32.0 Å². The van der Waals surface area contributed by atoms with Crippen LogP contribution in [0.4, 0.5) is 5.69 Å². The number of hydrogen-bond donors (Lipinski definition) is 2. The van der Waals surface area contributed by atoms with Crippen LogP contribution < -0.4 is 11.1 Å². The molecule has 0 spiro atoms. The van der Waals surface area contributed by atoms with E-state index in [1.165, 1.54) is 0 Å². The highest BCUT2D eigenvalue weighted by molar-refractivity contribution is 7.80. The van der Waals surface area contributed by atoms with Gasteiger partial charge in [-0.3, -0.25) is 4.79 Å². The summed E-state index contributed by atoms with van der Waals surface area (Å²) in [7, 11) is 0. The summed E-state index contributed by atoms with van der Waals surface area (Å²) in [6, 6.07) is 5.65. The van der Waals surface area contributed by atoms with Gasteiger partial charge in [0.05, 0.1) is 26.1 Å². The molecule has 6 heteroatoms. The molecule has 0 radical (unpaired) electrons. The van der Waals surface area contributed by atoms with Crippen LogP contribution in [0.25, 0.3) is 10.2 Å². The number of nitrogens with two attached hydrogens (primary N) is 1. The zero-order chi connectivity index (χ0) is 14.8. The van der Waals surface area contributed by atoms with E-state index >= 15 is 0 Å². The van der Waals surface area contributed by atoms with E-state index in [0.717, 1.165) is 15.9 Å². The minimum atomic E-state index is -0.780. The zero-order valence-electron chi connectivity index (χ0n) is 11.5. The van der Waals surface area contributed by atoms with Gasteiger partial charge in [0.25, 0.3) is 0 Å². The Bertz CT molecular complexity index is 647. The van der Waals surface area contributed by atoms with Gasteiger partial charge in [-0.05, 0) is 31.0 Å². The Morgan fingerprint density at radius 3 is 2.75 bits per heavy atom. The van der Waals surface area contributed by atoms with Crippen molar-refractivity contribution in [1.82, 2.24) is 4.98 Å². The third-order valence-electron chi connectivity index (χ3n) is 3.70. The Hall–Kier alpha value is -1.53. The van der Waals surface area contributed by atoms with E-state index in [9.17, 15) is 4.79 Å². The number of nitrogens with zero attached hydrogens (tertiary/aromatic N) is 1. The molecule has 0 aliphatic carbocycles. The normalized spacial score (nSPS) is 11.5. The average molecular weight is 307 g/mol. The molecule has 2 aromatic rings. The van der Waals surface area contributed by atoms with Crippen molar-refractivity contribution in [3.05, 3.63) is 23.7 Å². The van der Waals surface area contributed by atoms with Crippen LogP contribution in [0.15, 0.2) is 23.7 Å². The van der Waals surface area contributed by atoms with E-state index in [1.54, 1.807) is 16.8 Å². The molecule has 0 aliphatic rings. The van der Waals surface area contributed by atoms with Gasteiger partial charge in [-0.15, -0.1) is 11.3 Å². The fourth-order valence-electron chi connectivity index (χ4n) is 2.22. The number of hydrogen-bond acceptors (Lipinski definition) is 4. The Kier molecular flexibility index (Phi) is 4.35. The second-order valence-corrected chi connectivity index (χ2v) is 5.97. The van der Waals surface area contributed by atoms with Gasteiger partial charge in [-0.1, -0.05) is 26.1 Å². The van der Waals surface area contributed by atoms with Crippen LogP contribution in [0.3, 0.4) is 0 Å². The highest BCUT2D eigenvalue weighted by Crippen LogP contribution is 2.30. The lowest BCUT2D eigenvalue weighted by atomic mass is 9.81. The van der Waals surface area contributed by atoms with Gasteiger partial charge in [0.15, 0.2) is 0 Å². The average Bonchev–Trinajstić information content (AvgIpc) is 2.87. The molecule has 0 atom stereocenters. The largest absolute Gasteiger partial charge is 0.392 e. The van der Waals surface area contributed by atoms with E-state index in [0.29, 0.717) is 12.8 Å². The number of aromatic nitrogens is 1. The van der Waals surface area contributed by atoms with Gasteiger partial charge in [0.2, 0.25) is 5.91 Å². The fourth-order valence-corrected chi connectivity index (χ4v) is 3.31. The van der Waals surface area contributed by atoms with Gasteiger partial charge in [0, 0.05) is 5.69 Å². The lowest BCUT2D eigenvalue weighted by Crippen LogP contribution is -2.45. The van der Waals surface area contributed by atoms with E-state index < -0.39 is 5.41 Å². The third-order valence-corrected chi connectivity index (χ3v) is 4.89. The first-order valence-electron chi connectivity index (χ1n) is 6.48. The van der Waals surface area contributed by atoms with E-state index in [-0.39, 0.29) is 10.9 Å². The molecular formula is C14H17N3OS2. The van der Waals surface area contributed by atoms with Crippen LogP contribution in [-0.2, 0) is 4.79 Å². The predicted octanol–water partition coefficient (Wildman–Crippen LogP) is 3.33. The monoisotopic (exact) mass is 307 g/mol. The van der Waals surface area contributed by atoms with Crippen molar-refractivity contribution >= 4 is 50.4 Å². The molecule has 0 saturated carbocycles. The number of benzene rings is 1. The highest BCUT2D eigenvalue weighted by Gasteiger charge is 2.38. The molecule has 0 aliphatic heterocycles. The van der Waals surface area contributed by atoms with Crippen LogP contribution in [0, 0.1) is 5.41 Å². The molecule has 0 fully saturated rings. The van der Waals surface area contributed by atoms with Crippen molar-refractivity contribution in [2.45, 2.75) is 26.7 Å². The molecule has 0 unspecified atom stereocenters. The minimum Gasteiger partial charge on any atom is -0.392 e. The SMILES string of the molecule is CCC(CC)(C(=O)Nc1ccc2ncsc2c1)C(N)=S. The molecule has 1 amide bonds.